The molecule has 3 aliphatic rings. The summed E-state index contributed by atoms with van der Waals surface area (Å²) in [6.07, 6.45) is 4.64. The van der Waals surface area contributed by atoms with Gasteiger partial charge in [0.15, 0.2) is 6.17 Å². The second-order valence-corrected chi connectivity index (χ2v) is 6.22. The fraction of sp³-hybridized carbons (Fsp3) is 0.727. The molecule has 0 aromatic rings. The number of rotatable bonds is 5. The molecule has 5 atom stereocenters. The number of nitrogens with two attached hydrogens (primary N) is 1. The Balaban J connectivity index is 1.54. The van der Waals surface area contributed by atoms with Crippen molar-refractivity contribution in [1.82, 2.24) is 9.99 Å². The molecule has 4 N–H and O–H groups in total. The minimum absolute atomic E-state index is 0.0356. The summed E-state index contributed by atoms with van der Waals surface area (Å²) in [6, 6.07) is -0.219. The van der Waals surface area contributed by atoms with Gasteiger partial charge in [-0.3, -0.25) is 10.1 Å². The van der Waals surface area contributed by atoms with Crippen molar-refractivity contribution in [2.45, 2.75) is 37.4 Å². The summed E-state index contributed by atoms with van der Waals surface area (Å²) in [7, 11) is 0.0873. The first-order valence-electron chi connectivity index (χ1n) is 6.79. The van der Waals surface area contributed by atoms with Crippen LogP contribution in [-0.4, -0.2) is 66.5 Å². The number of hydrogen-bond acceptors (Lipinski definition) is 9. The fourth-order valence-electron chi connectivity index (χ4n) is 2.58. The predicted octanol–water partition coefficient (Wildman–Crippen LogP) is -0.616. The second kappa shape index (κ2) is 6.33. The predicted molar refractivity (Wildman–Crippen MR) is 80.1 cm³/mol. The Labute approximate surface area is 123 Å². The molecule has 0 aromatic heterocycles. The molecule has 116 valence electrons. The maximum absolute atomic E-state index is 9.38. The first-order chi connectivity index (χ1) is 10.2. The summed E-state index contributed by atoms with van der Waals surface area (Å²) in [5.41, 5.74) is 5.83. The van der Waals surface area contributed by atoms with Crippen molar-refractivity contribution < 1.29 is 14.2 Å². The van der Waals surface area contributed by atoms with Gasteiger partial charge in [-0.15, -0.1) is 0 Å². The van der Waals surface area contributed by atoms with Crippen LogP contribution in [0.2, 0.25) is 0 Å². The van der Waals surface area contributed by atoms with Gasteiger partial charge in [0, 0.05) is 0 Å². The largest absolute Gasteiger partial charge is 0.385 e. The molecule has 3 aliphatic heterocycles. The highest BCUT2D eigenvalue weighted by Gasteiger charge is 2.41. The monoisotopic (exact) mass is 314 g/mol. The normalized spacial score (nSPS) is 35.9. The van der Waals surface area contributed by atoms with E-state index in [1.807, 2.05) is 4.90 Å². The van der Waals surface area contributed by atoms with Gasteiger partial charge < -0.3 is 24.8 Å². The lowest BCUT2D eigenvalue weighted by Gasteiger charge is -2.30. The third kappa shape index (κ3) is 3.07. The Bertz CT molecular complexity index is 473. The van der Waals surface area contributed by atoms with Crippen LogP contribution >= 0.6 is 8.53 Å². The van der Waals surface area contributed by atoms with Gasteiger partial charge in [-0.1, -0.05) is 0 Å². The van der Waals surface area contributed by atoms with E-state index in [9.17, 15) is 4.89 Å². The topological polar surface area (TPSA) is 117 Å². The molecule has 5 unspecified atom stereocenters. The van der Waals surface area contributed by atoms with Crippen LogP contribution in [0.15, 0.2) is 15.0 Å². The maximum atomic E-state index is 9.38. The summed E-state index contributed by atoms with van der Waals surface area (Å²) in [5.74, 6) is 0.478. The molecular formula is C11H19N6O3P. The van der Waals surface area contributed by atoms with Gasteiger partial charge in [0.05, 0.1) is 19.0 Å². The van der Waals surface area contributed by atoms with Crippen molar-refractivity contribution in [2.75, 3.05) is 13.7 Å². The van der Waals surface area contributed by atoms with E-state index in [0.29, 0.717) is 12.4 Å². The minimum atomic E-state index is -1.56. The van der Waals surface area contributed by atoms with E-state index in [0.717, 1.165) is 12.8 Å². The molecule has 0 amide bonds. The van der Waals surface area contributed by atoms with Crippen LogP contribution < -0.4 is 10.8 Å². The van der Waals surface area contributed by atoms with Crippen molar-refractivity contribution in [3.8, 4) is 0 Å². The van der Waals surface area contributed by atoms with Gasteiger partial charge in [0.25, 0.3) is 8.53 Å². The molecule has 0 radical (unpaired) electrons. The lowest BCUT2D eigenvalue weighted by molar-refractivity contribution is -0.0450. The van der Waals surface area contributed by atoms with Crippen molar-refractivity contribution >= 4 is 27.0 Å². The Morgan fingerprint density at radius 3 is 3.24 bits per heavy atom. The Hall–Kier alpha value is -1.12. The molecule has 3 rings (SSSR count). The summed E-state index contributed by atoms with van der Waals surface area (Å²) >= 11 is 0. The average molecular weight is 314 g/mol. The molecular weight excluding hydrogens is 295 g/mol. The van der Waals surface area contributed by atoms with Gasteiger partial charge in [-0.25, -0.2) is 9.98 Å². The summed E-state index contributed by atoms with van der Waals surface area (Å²) in [5, 5.41) is 2.66. The molecule has 0 bridgehead atoms. The van der Waals surface area contributed by atoms with Crippen molar-refractivity contribution in [3.05, 3.63) is 0 Å². The van der Waals surface area contributed by atoms with Gasteiger partial charge in [-0.05, 0) is 19.9 Å². The zero-order valence-corrected chi connectivity index (χ0v) is 12.6. The highest BCUT2D eigenvalue weighted by molar-refractivity contribution is 7.43. The lowest BCUT2D eigenvalue weighted by Crippen LogP contribution is -2.47. The summed E-state index contributed by atoms with van der Waals surface area (Å²) in [6.45, 7) is 0.367. The molecule has 0 saturated carbocycles. The Morgan fingerprint density at radius 2 is 2.43 bits per heavy atom. The van der Waals surface area contributed by atoms with Crippen LogP contribution in [0.4, 0.5) is 0 Å². The molecule has 0 aromatic carbocycles. The molecule has 21 heavy (non-hydrogen) atoms. The highest BCUT2D eigenvalue weighted by atomic mass is 31.2. The van der Waals surface area contributed by atoms with Crippen LogP contribution in [0, 0.1) is 0 Å². The number of ether oxygens (including phenoxy) is 1. The number of fused-ring (bicyclic) bond motifs is 1. The zero-order chi connectivity index (χ0) is 14.8. The molecule has 1 saturated heterocycles. The van der Waals surface area contributed by atoms with Crippen molar-refractivity contribution in [2.24, 2.45) is 20.7 Å². The van der Waals surface area contributed by atoms with Gasteiger partial charge in [-0.2, -0.15) is 0 Å². The average Bonchev–Trinajstić information content (AvgIpc) is 3.11. The van der Waals surface area contributed by atoms with E-state index in [2.05, 4.69) is 20.1 Å². The highest BCUT2D eigenvalue weighted by Crippen LogP contribution is 2.31. The quantitative estimate of drug-likeness (QED) is 0.583. The zero-order valence-electron chi connectivity index (χ0n) is 11.7. The Morgan fingerprint density at radius 1 is 1.57 bits per heavy atom. The maximum Gasteiger partial charge on any atom is 0.252 e. The van der Waals surface area contributed by atoms with Gasteiger partial charge in [0.2, 0.25) is 0 Å². The number of amidine groups is 1. The minimum Gasteiger partial charge on any atom is -0.385 e. The smallest absolute Gasteiger partial charge is 0.252 e. The van der Waals surface area contributed by atoms with E-state index in [1.165, 1.54) is 6.34 Å². The van der Waals surface area contributed by atoms with Crippen LogP contribution in [0.25, 0.3) is 0 Å². The fourth-order valence-corrected chi connectivity index (χ4v) is 3.02. The standard InChI is InChI=1S/C11H19N6O3P/c1-13-21(18)19-4-7-2-3-8(20-7)17-6-16-9-10(12)14-5-15-11(9)17/h5-9,11,13,18H,2-4H2,1H3,(H2,12,14,15). The second-order valence-electron chi connectivity index (χ2n) is 4.97. The number of hydrogen-bond donors (Lipinski definition) is 3. The molecule has 9 nitrogen and oxygen atoms in total. The molecule has 10 heteroatoms. The van der Waals surface area contributed by atoms with E-state index in [1.54, 1.807) is 13.4 Å². The van der Waals surface area contributed by atoms with Crippen LogP contribution in [0.1, 0.15) is 12.8 Å². The molecule has 0 spiro atoms. The van der Waals surface area contributed by atoms with Gasteiger partial charge in [0.1, 0.15) is 24.4 Å². The van der Waals surface area contributed by atoms with Crippen molar-refractivity contribution in [3.63, 3.8) is 0 Å². The number of nitrogens with zero attached hydrogens (tertiary/aromatic N) is 4. The van der Waals surface area contributed by atoms with E-state index >= 15 is 0 Å². The lowest BCUT2D eigenvalue weighted by atomic mass is 10.2. The van der Waals surface area contributed by atoms with Crippen LogP contribution in [0.3, 0.4) is 0 Å². The molecule has 0 aliphatic carbocycles. The van der Waals surface area contributed by atoms with Crippen LogP contribution in [0.5, 0.6) is 0 Å². The van der Waals surface area contributed by atoms with E-state index in [4.69, 9.17) is 15.0 Å². The summed E-state index contributed by atoms with van der Waals surface area (Å²) in [4.78, 5) is 24.0. The first-order valence-corrected chi connectivity index (χ1v) is 8.00. The van der Waals surface area contributed by atoms with Crippen LogP contribution in [-0.2, 0) is 9.26 Å². The summed E-state index contributed by atoms with van der Waals surface area (Å²) < 4.78 is 11.2. The Kier molecular flexibility index (Phi) is 4.46. The van der Waals surface area contributed by atoms with E-state index < -0.39 is 8.53 Å². The molecule has 3 heterocycles. The van der Waals surface area contributed by atoms with Crippen molar-refractivity contribution in [1.29, 1.82) is 0 Å². The number of nitrogens with one attached hydrogen (secondary N) is 1. The van der Waals surface area contributed by atoms with E-state index in [-0.39, 0.29) is 24.5 Å². The molecule has 1 fully saturated rings. The first kappa shape index (κ1) is 14.8. The third-order valence-corrected chi connectivity index (χ3v) is 4.45. The number of aliphatic imine (C=N–C) groups is 3. The van der Waals surface area contributed by atoms with Gasteiger partial charge >= 0.3 is 0 Å². The SMILES string of the molecule is CNP(O)OCC1CCC(N2C=NC3C(N)=NC=NC32)O1. The third-order valence-electron chi connectivity index (χ3n) is 3.67.